The van der Waals surface area contributed by atoms with Gasteiger partial charge in [0.05, 0.1) is 0 Å². The van der Waals surface area contributed by atoms with Crippen molar-refractivity contribution in [2.75, 3.05) is 0 Å². The van der Waals surface area contributed by atoms with E-state index in [1.165, 1.54) is 5.56 Å². The van der Waals surface area contributed by atoms with Crippen molar-refractivity contribution in [2.24, 2.45) is 0 Å². The van der Waals surface area contributed by atoms with E-state index in [1.807, 2.05) is 13.8 Å². The van der Waals surface area contributed by atoms with Gasteiger partial charge in [0.2, 0.25) is 0 Å². The first kappa shape index (κ1) is 14.3. The Kier molecular flexibility index (Phi) is 6.18. The van der Waals surface area contributed by atoms with E-state index < -0.39 is 0 Å². The van der Waals surface area contributed by atoms with Gasteiger partial charge in [0.1, 0.15) is 0 Å². The Labute approximate surface area is 101 Å². The molecule has 4 heteroatoms. The molecule has 0 saturated heterocycles. The van der Waals surface area contributed by atoms with E-state index in [4.69, 9.17) is 0 Å². The van der Waals surface area contributed by atoms with Crippen LogP contribution in [-0.4, -0.2) is 5.52 Å². The maximum absolute atomic E-state index is 11.6. The van der Waals surface area contributed by atoms with Crippen molar-refractivity contribution in [1.82, 2.24) is 0 Å². The van der Waals surface area contributed by atoms with Gasteiger partial charge in [-0.2, -0.15) is 0 Å². The first-order chi connectivity index (χ1) is 6.06. The van der Waals surface area contributed by atoms with Crippen LogP contribution >= 0.6 is 17.2 Å². The largest absolute Gasteiger partial charge is 0.289 e. The minimum absolute atomic E-state index is 0. The zero-order valence-electron chi connectivity index (χ0n) is 8.59. The first-order valence-electron chi connectivity index (χ1n) is 4.15. The minimum atomic E-state index is 0. The topological polar surface area (TPSA) is 17.1 Å². The van der Waals surface area contributed by atoms with E-state index in [9.17, 15) is 4.79 Å². The molecule has 1 radical (unpaired) electrons. The number of aryl methyl sites for hydroxylation is 3. The molecule has 0 aromatic heterocycles. The van der Waals surface area contributed by atoms with Crippen LogP contribution in [0.3, 0.4) is 0 Å². The molecule has 0 bridgehead atoms. The maximum Gasteiger partial charge on any atom is 0.185 e. The molecule has 0 heterocycles. The van der Waals surface area contributed by atoms with E-state index in [0.29, 0.717) is 0 Å². The number of carbonyl (C=O) groups excluding carboxylic acids is 1. The second-order valence-electron chi connectivity index (χ2n) is 3.25. The zero-order chi connectivity index (χ0) is 10.0. The molecule has 0 saturated carbocycles. The Hall–Kier alpha value is 0.334. The normalized spacial score (nSPS) is 10.3. The van der Waals surface area contributed by atoms with E-state index in [2.05, 4.69) is 28.0 Å². The molecule has 1 rings (SSSR count). The Bertz CT molecular complexity index is 327. The van der Waals surface area contributed by atoms with Crippen LogP contribution < -0.4 is 0 Å². The number of hydrogen-bond donors (Lipinski definition) is 0. The second kappa shape index (κ2) is 6.03. The van der Waals surface area contributed by atoms with Crippen molar-refractivity contribution < 1.29 is 23.4 Å². The molecule has 0 fully saturated rings. The molecule has 0 aliphatic rings. The third kappa shape index (κ3) is 3.18. The summed E-state index contributed by atoms with van der Waals surface area (Å²) >= 11 is 0. The van der Waals surface area contributed by atoms with Gasteiger partial charge >= 0.3 is 0 Å². The van der Waals surface area contributed by atoms with Crippen molar-refractivity contribution in [1.29, 1.82) is 0 Å². The molecule has 75 valence electrons. The summed E-state index contributed by atoms with van der Waals surface area (Å²) in [5, 5.41) is 0. The Morgan fingerprint density at radius 1 is 1.21 bits per heavy atom. The van der Waals surface area contributed by atoms with Crippen LogP contribution in [0.15, 0.2) is 12.1 Å². The molecule has 0 aliphatic heterocycles. The van der Waals surface area contributed by atoms with Gasteiger partial charge < -0.3 is 0 Å². The van der Waals surface area contributed by atoms with Gasteiger partial charge in [-0.15, -0.1) is 8.93 Å². The Balaban J connectivity index is 0.00000169. The van der Waals surface area contributed by atoms with Crippen LogP contribution in [0.25, 0.3) is 0 Å². The molecule has 1 aromatic rings. The fourth-order valence-corrected chi connectivity index (χ4v) is 2.58. The van der Waals surface area contributed by atoms with Crippen LogP contribution in [0.1, 0.15) is 27.0 Å². The summed E-state index contributed by atoms with van der Waals surface area (Å²) in [7, 11) is 2.78. The van der Waals surface area contributed by atoms with Gasteiger partial charge in [-0.25, -0.2) is 0 Å². The fourth-order valence-electron chi connectivity index (χ4n) is 1.61. The van der Waals surface area contributed by atoms with Crippen LogP contribution in [0, 0.1) is 20.8 Å². The van der Waals surface area contributed by atoms with Crippen molar-refractivity contribution >= 4 is 22.7 Å². The summed E-state index contributed by atoms with van der Waals surface area (Å²) < 4.78 is 0. The monoisotopic (exact) mass is 263 g/mol. The summed E-state index contributed by atoms with van der Waals surface area (Å²) in [4.78, 5) is 11.6. The van der Waals surface area contributed by atoms with Crippen molar-refractivity contribution in [3.8, 4) is 0 Å². The quantitative estimate of drug-likeness (QED) is 0.749. The van der Waals surface area contributed by atoms with Crippen LogP contribution in [-0.2, 0) is 18.6 Å². The molecular weight excluding hydrogens is 249 g/mol. The van der Waals surface area contributed by atoms with Gasteiger partial charge in [-0.05, 0) is 40.2 Å². The molecule has 0 amide bonds. The molecule has 1 aromatic carbocycles. The van der Waals surface area contributed by atoms with Crippen molar-refractivity contribution in [3.05, 3.63) is 34.4 Å². The van der Waals surface area contributed by atoms with E-state index in [-0.39, 0.29) is 32.3 Å². The summed E-state index contributed by atoms with van der Waals surface area (Å²) in [5.74, 6) is 0. The van der Waals surface area contributed by atoms with Crippen molar-refractivity contribution in [3.63, 3.8) is 0 Å². The summed E-state index contributed by atoms with van der Waals surface area (Å²) in [6.07, 6.45) is 0. The summed E-state index contributed by atoms with van der Waals surface area (Å²) in [6, 6.07) is 4.12. The summed E-state index contributed by atoms with van der Waals surface area (Å²) in [6.45, 7) is 6.05. The van der Waals surface area contributed by atoms with E-state index in [0.717, 1.165) is 16.7 Å². The van der Waals surface area contributed by atoms with Gasteiger partial charge in [0.15, 0.2) is 5.52 Å². The van der Waals surface area contributed by atoms with E-state index >= 15 is 0 Å². The molecule has 0 spiro atoms. The van der Waals surface area contributed by atoms with Gasteiger partial charge in [0, 0.05) is 24.1 Å². The Morgan fingerprint density at radius 3 is 2.00 bits per heavy atom. The van der Waals surface area contributed by atoms with Crippen LogP contribution in [0.4, 0.5) is 0 Å². The predicted molar refractivity (Wildman–Crippen MR) is 63.0 cm³/mol. The average Bonchev–Trinajstić information content (AvgIpc) is 2.02. The molecular formula is C10H14OP2V. The number of rotatable bonds is 2. The molecule has 1 nitrogen and oxygen atoms in total. The molecule has 0 aliphatic carbocycles. The van der Waals surface area contributed by atoms with Crippen LogP contribution in [0.5, 0.6) is 0 Å². The third-order valence-corrected chi connectivity index (χ3v) is 3.33. The predicted octanol–water partition coefficient (Wildman–Crippen LogP) is 3.22. The third-order valence-electron chi connectivity index (χ3n) is 2.04. The molecule has 0 N–H and O–H groups in total. The van der Waals surface area contributed by atoms with Gasteiger partial charge in [0.25, 0.3) is 0 Å². The molecule has 2 atom stereocenters. The SMILES string of the molecule is Cc1cc(C)c(C(=O)PP)c(C)c1.[V]. The fraction of sp³-hybridized carbons (Fsp3) is 0.300. The first-order valence-corrected chi connectivity index (χ1v) is 6.96. The zero-order valence-corrected chi connectivity index (χ0v) is 12.1. The maximum atomic E-state index is 11.6. The average molecular weight is 263 g/mol. The smallest absolute Gasteiger partial charge is 0.185 e. The number of benzene rings is 1. The number of hydrogen-bond acceptors (Lipinski definition) is 1. The summed E-state index contributed by atoms with van der Waals surface area (Å²) in [5.41, 5.74) is 4.55. The second-order valence-corrected chi connectivity index (χ2v) is 4.86. The van der Waals surface area contributed by atoms with Crippen LogP contribution in [0.2, 0.25) is 0 Å². The molecule has 14 heavy (non-hydrogen) atoms. The van der Waals surface area contributed by atoms with Crippen molar-refractivity contribution in [2.45, 2.75) is 20.8 Å². The Morgan fingerprint density at radius 2 is 1.64 bits per heavy atom. The standard InChI is InChI=1S/C10H14OP2.V/c1-6-4-7(2)9(8(3)5-6)10(11)13-12;/h4-5,13H,12H2,1-3H3;. The van der Waals surface area contributed by atoms with E-state index in [1.54, 1.807) is 0 Å². The van der Waals surface area contributed by atoms with Gasteiger partial charge in [-0.1, -0.05) is 17.7 Å². The molecule has 2 unspecified atom stereocenters. The van der Waals surface area contributed by atoms with Gasteiger partial charge in [-0.3, -0.25) is 4.79 Å². The number of carbonyl (C=O) groups is 1. The minimum Gasteiger partial charge on any atom is -0.289 e.